The van der Waals surface area contributed by atoms with Gasteiger partial charge in [0.15, 0.2) is 46.5 Å². The Kier molecular flexibility index (Phi) is 9.26. The van der Waals surface area contributed by atoms with E-state index in [0.717, 1.165) is 71.1 Å². The molecular formula is C48H29BF10N2. The van der Waals surface area contributed by atoms with E-state index in [2.05, 4.69) is 12.1 Å². The van der Waals surface area contributed by atoms with Gasteiger partial charge in [0.1, 0.15) is 0 Å². The number of benzene rings is 7. The predicted molar refractivity (Wildman–Crippen MR) is 217 cm³/mol. The Balaban J connectivity index is 1.21. The topological polar surface area (TPSA) is 6.48 Å². The minimum Gasteiger partial charge on any atom is -0.311 e. The van der Waals surface area contributed by atoms with Gasteiger partial charge < -0.3 is 9.80 Å². The van der Waals surface area contributed by atoms with E-state index in [4.69, 9.17) is 0 Å². The summed E-state index contributed by atoms with van der Waals surface area (Å²) in [6, 6.07) is 31.1. The Morgan fingerprint density at radius 3 is 1.38 bits per heavy atom. The second-order valence-corrected chi connectivity index (χ2v) is 15.5. The van der Waals surface area contributed by atoms with Gasteiger partial charge in [0.05, 0.1) is 11.1 Å². The quantitative estimate of drug-likeness (QED) is 0.0738. The first-order valence-electron chi connectivity index (χ1n) is 19.7. The molecule has 0 spiro atoms. The molecule has 0 N–H and O–H groups in total. The Bertz CT molecular complexity index is 2890. The average Bonchev–Trinajstić information content (AvgIpc) is 3.29. The van der Waals surface area contributed by atoms with Crippen molar-refractivity contribution in [2.24, 2.45) is 0 Å². The Morgan fingerprint density at radius 1 is 0.393 bits per heavy atom. The number of halogens is 10. The van der Waals surface area contributed by atoms with Crippen LogP contribution in [0.15, 0.2) is 109 Å². The van der Waals surface area contributed by atoms with Gasteiger partial charge in [-0.2, -0.15) is 0 Å². The summed E-state index contributed by atoms with van der Waals surface area (Å²) in [7, 11) is 0. The summed E-state index contributed by atoms with van der Waals surface area (Å²) in [5.74, 6) is -20.4. The van der Waals surface area contributed by atoms with Crippen molar-refractivity contribution in [3.05, 3.63) is 173 Å². The molecule has 2 aliphatic heterocycles. The highest BCUT2D eigenvalue weighted by atomic mass is 19.2. The fourth-order valence-corrected chi connectivity index (χ4v) is 9.44. The maximum absolute atomic E-state index is 15.3. The van der Waals surface area contributed by atoms with Crippen LogP contribution in [0.25, 0.3) is 22.3 Å². The van der Waals surface area contributed by atoms with E-state index in [1.807, 2.05) is 58.3 Å². The van der Waals surface area contributed by atoms with Gasteiger partial charge in [0, 0.05) is 34.1 Å². The van der Waals surface area contributed by atoms with E-state index in [-0.39, 0.29) is 23.8 Å². The highest BCUT2D eigenvalue weighted by Crippen LogP contribution is 2.48. The van der Waals surface area contributed by atoms with Gasteiger partial charge in [-0.25, -0.2) is 43.9 Å². The molecule has 0 radical (unpaired) electrons. The summed E-state index contributed by atoms with van der Waals surface area (Å²) in [6.45, 7) is -0.365. The maximum atomic E-state index is 15.3. The van der Waals surface area contributed by atoms with Crippen LogP contribution in [0.4, 0.5) is 78.0 Å². The largest absolute Gasteiger partial charge is 0.311 e. The summed E-state index contributed by atoms with van der Waals surface area (Å²) in [4.78, 5) is 3.90. The van der Waals surface area contributed by atoms with E-state index in [1.54, 1.807) is 18.2 Å². The van der Waals surface area contributed by atoms with Crippen molar-refractivity contribution in [3.8, 4) is 22.3 Å². The van der Waals surface area contributed by atoms with Crippen LogP contribution < -0.4 is 26.2 Å². The van der Waals surface area contributed by atoms with Crippen molar-refractivity contribution >= 4 is 57.2 Å². The molecular weight excluding hydrogens is 805 g/mol. The molecule has 2 heterocycles. The molecule has 0 unspecified atom stereocenters. The van der Waals surface area contributed by atoms with Gasteiger partial charge in [-0.3, -0.25) is 0 Å². The first kappa shape index (κ1) is 38.7. The molecule has 1 saturated carbocycles. The van der Waals surface area contributed by atoms with Crippen molar-refractivity contribution < 1.29 is 43.9 Å². The summed E-state index contributed by atoms with van der Waals surface area (Å²) in [5, 5.41) is 0. The zero-order chi connectivity index (χ0) is 42.4. The van der Waals surface area contributed by atoms with E-state index in [1.165, 1.54) is 30.3 Å². The van der Waals surface area contributed by atoms with Crippen LogP contribution in [0.5, 0.6) is 0 Å². The van der Waals surface area contributed by atoms with Crippen LogP contribution in [-0.4, -0.2) is 6.71 Å². The van der Waals surface area contributed by atoms with Crippen molar-refractivity contribution in [1.29, 1.82) is 0 Å². The lowest BCUT2D eigenvalue weighted by Crippen LogP contribution is -2.61. The average molecular weight is 835 g/mol. The van der Waals surface area contributed by atoms with Gasteiger partial charge in [-0.15, -0.1) is 0 Å². The number of rotatable bonds is 5. The molecule has 0 saturated heterocycles. The zero-order valence-electron chi connectivity index (χ0n) is 31.8. The third-order valence-electron chi connectivity index (χ3n) is 12.2. The molecule has 10 rings (SSSR count). The first-order valence-corrected chi connectivity index (χ1v) is 19.7. The normalized spacial score (nSPS) is 14.6. The SMILES string of the molecule is Fc1c(F)c(F)c(-c2ccc(N3c4ccccc4B4c5ccccc5N(c5cccc(-c6c(F)c(F)c(F)c(F)c6F)c5)c5cc(C6CCCCC6)cc3c54)cc2)c(F)c1F. The summed E-state index contributed by atoms with van der Waals surface area (Å²) in [6.07, 6.45) is 4.89. The lowest BCUT2D eigenvalue weighted by atomic mass is 9.33. The van der Waals surface area contributed by atoms with Crippen molar-refractivity contribution in [1.82, 2.24) is 0 Å². The van der Waals surface area contributed by atoms with Gasteiger partial charge in [-0.05, 0) is 100 Å². The van der Waals surface area contributed by atoms with Crippen molar-refractivity contribution in [2.75, 3.05) is 9.80 Å². The number of para-hydroxylation sites is 2. The molecule has 0 bridgehead atoms. The third kappa shape index (κ3) is 5.87. The van der Waals surface area contributed by atoms with E-state index in [9.17, 15) is 35.1 Å². The number of hydrogen-bond donors (Lipinski definition) is 0. The summed E-state index contributed by atoms with van der Waals surface area (Å²) < 4.78 is 146. The van der Waals surface area contributed by atoms with Crippen molar-refractivity contribution in [3.63, 3.8) is 0 Å². The second kappa shape index (κ2) is 14.6. The van der Waals surface area contributed by atoms with Gasteiger partial charge in [0.25, 0.3) is 6.71 Å². The first-order chi connectivity index (χ1) is 29.5. The predicted octanol–water partition coefficient (Wildman–Crippen LogP) is 12.5. The fraction of sp³-hybridized carbons (Fsp3) is 0.125. The molecule has 0 aromatic heterocycles. The van der Waals surface area contributed by atoms with Gasteiger partial charge in [-0.1, -0.05) is 79.9 Å². The van der Waals surface area contributed by atoms with Crippen LogP contribution in [-0.2, 0) is 0 Å². The Hall–Kier alpha value is -6.50. The lowest BCUT2D eigenvalue weighted by Gasteiger charge is -2.45. The smallest absolute Gasteiger partial charge is 0.252 e. The Labute approximate surface area is 343 Å². The van der Waals surface area contributed by atoms with E-state index in [0.29, 0.717) is 17.1 Å². The molecule has 304 valence electrons. The van der Waals surface area contributed by atoms with Gasteiger partial charge >= 0.3 is 0 Å². The lowest BCUT2D eigenvalue weighted by molar-refractivity contribution is 0.381. The summed E-state index contributed by atoms with van der Waals surface area (Å²) >= 11 is 0. The van der Waals surface area contributed by atoms with Crippen LogP contribution in [0, 0.1) is 58.2 Å². The highest BCUT2D eigenvalue weighted by Gasteiger charge is 2.44. The molecule has 61 heavy (non-hydrogen) atoms. The third-order valence-corrected chi connectivity index (χ3v) is 12.2. The van der Waals surface area contributed by atoms with Crippen LogP contribution >= 0.6 is 0 Å². The molecule has 7 aromatic rings. The van der Waals surface area contributed by atoms with Crippen molar-refractivity contribution in [2.45, 2.75) is 38.0 Å². The van der Waals surface area contributed by atoms with E-state index < -0.39 is 69.3 Å². The maximum Gasteiger partial charge on any atom is 0.252 e. The minimum atomic E-state index is -2.26. The molecule has 1 fully saturated rings. The van der Waals surface area contributed by atoms with Crippen LogP contribution in [0.1, 0.15) is 43.6 Å². The number of hydrogen-bond acceptors (Lipinski definition) is 2. The van der Waals surface area contributed by atoms with Crippen LogP contribution in [0.2, 0.25) is 0 Å². The Morgan fingerprint density at radius 2 is 0.852 bits per heavy atom. The fourth-order valence-electron chi connectivity index (χ4n) is 9.44. The second-order valence-electron chi connectivity index (χ2n) is 15.5. The van der Waals surface area contributed by atoms with E-state index >= 15 is 8.78 Å². The molecule has 0 atom stereocenters. The highest BCUT2D eigenvalue weighted by molar-refractivity contribution is 7.00. The number of fused-ring (bicyclic) bond motifs is 4. The molecule has 0 amide bonds. The number of anilines is 6. The molecule has 1 aliphatic carbocycles. The standard InChI is InChI=1S/C48H29BF10N2/c50-39-36(40(51)44(55)47(58)43(39)54)25-17-19-28(20-18-25)60-32-15-6-4-13-30(32)49-31-14-5-7-16-33(31)61(35-23-27(22-34(60)38(35)49)24-9-2-1-3-10-24)29-12-8-11-26(21-29)37-41(52)45(56)48(59)46(57)42(37)53/h4-8,11-24H,1-3,9-10H2. The summed E-state index contributed by atoms with van der Waals surface area (Å²) in [5.41, 5.74) is 4.80. The molecule has 13 heteroatoms. The number of nitrogens with zero attached hydrogens (tertiary/aromatic N) is 2. The molecule has 2 nitrogen and oxygen atoms in total. The van der Waals surface area contributed by atoms with Gasteiger partial charge in [0.2, 0.25) is 11.6 Å². The molecule has 3 aliphatic rings. The minimum absolute atomic E-state index is 0.142. The zero-order valence-corrected chi connectivity index (χ0v) is 31.8. The monoisotopic (exact) mass is 834 g/mol. The van der Waals surface area contributed by atoms with Crippen LogP contribution in [0.3, 0.4) is 0 Å². The molecule has 7 aromatic carbocycles.